The van der Waals surface area contributed by atoms with Crippen molar-refractivity contribution in [1.29, 1.82) is 0 Å². The summed E-state index contributed by atoms with van der Waals surface area (Å²) in [6.07, 6.45) is 1.76. The van der Waals surface area contributed by atoms with Gasteiger partial charge in [0.05, 0.1) is 12.2 Å². The molecule has 0 aliphatic heterocycles. The Bertz CT molecular complexity index is 498. The van der Waals surface area contributed by atoms with Gasteiger partial charge in [0.15, 0.2) is 0 Å². The van der Waals surface area contributed by atoms with Gasteiger partial charge in [0.1, 0.15) is 12.4 Å². The molecule has 0 saturated carbocycles. The van der Waals surface area contributed by atoms with Crippen LogP contribution in [0.1, 0.15) is 11.3 Å². The molecule has 0 atom stereocenters. The molecule has 18 heavy (non-hydrogen) atoms. The highest BCUT2D eigenvalue weighted by Gasteiger charge is 2.01. The van der Waals surface area contributed by atoms with E-state index in [4.69, 9.17) is 0 Å². The zero-order valence-electron chi connectivity index (χ0n) is 10.0. The highest BCUT2D eigenvalue weighted by atomic mass is 19.1. The van der Waals surface area contributed by atoms with Crippen LogP contribution in [0.4, 0.5) is 4.39 Å². The summed E-state index contributed by atoms with van der Waals surface area (Å²) in [7, 11) is 0. The summed E-state index contributed by atoms with van der Waals surface area (Å²) in [5.74, 6) is 0.285. The number of nitrogens with zero attached hydrogens (tertiary/aromatic N) is 2. The molecule has 0 radical (unpaired) electrons. The molecule has 0 spiro atoms. The van der Waals surface area contributed by atoms with Crippen molar-refractivity contribution in [3.05, 3.63) is 47.8 Å². The lowest BCUT2D eigenvalue weighted by Gasteiger charge is -2.05. The maximum absolute atomic E-state index is 12.1. The lowest BCUT2D eigenvalue weighted by Crippen LogP contribution is -2.13. The molecule has 2 N–H and O–H groups in total. The SMILES string of the molecule is Oc1ccccc1CNCc1ccn(CCF)n1. The van der Waals surface area contributed by atoms with Crippen LogP contribution in [0.5, 0.6) is 5.75 Å². The van der Waals surface area contributed by atoms with E-state index in [2.05, 4.69) is 10.4 Å². The zero-order chi connectivity index (χ0) is 12.8. The minimum atomic E-state index is -0.410. The highest BCUT2D eigenvalue weighted by Crippen LogP contribution is 2.14. The number of halogens is 1. The van der Waals surface area contributed by atoms with Gasteiger partial charge >= 0.3 is 0 Å². The van der Waals surface area contributed by atoms with Crippen LogP contribution >= 0.6 is 0 Å². The first kappa shape index (κ1) is 12.6. The van der Waals surface area contributed by atoms with Crippen molar-refractivity contribution in [3.8, 4) is 5.75 Å². The average Bonchev–Trinajstić information content (AvgIpc) is 2.80. The Morgan fingerprint density at radius 2 is 2.06 bits per heavy atom. The van der Waals surface area contributed by atoms with Crippen LogP contribution in [0.3, 0.4) is 0 Å². The van der Waals surface area contributed by atoms with Crippen molar-refractivity contribution in [2.75, 3.05) is 6.67 Å². The fraction of sp³-hybridized carbons (Fsp3) is 0.308. The van der Waals surface area contributed by atoms with Gasteiger partial charge in [-0.3, -0.25) is 4.68 Å². The van der Waals surface area contributed by atoms with Crippen molar-refractivity contribution in [2.24, 2.45) is 0 Å². The maximum atomic E-state index is 12.1. The molecule has 0 aliphatic carbocycles. The number of hydrogen-bond donors (Lipinski definition) is 2. The second-order valence-electron chi connectivity index (χ2n) is 3.99. The minimum Gasteiger partial charge on any atom is -0.508 e. The van der Waals surface area contributed by atoms with Crippen molar-refractivity contribution < 1.29 is 9.50 Å². The fourth-order valence-corrected chi connectivity index (χ4v) is 1.69. The Morgan fingerprint density at radius 3 is 2.83 bits per heavy atom. The number of alkyl halides is 1. The first-order valence-corrected chi connectivity index (χ1v) is 5.85. The predicted molar refractivity (Wildman–Crippen MR) is 66.9 cm³/mol. The van der Waals surface area contributed by atoms with E-state index in [1.165, 1.54) is 0 Å². The fourth-order valence-electron chi connectivity index (χ4n) is 1.69. The third-order valence-corrected chi connectivity index (χ3v) is 2.62. The van der Waals surface area contributed by atoms with Gasteiger partial charge in [-0.1, -0.05) is 18.2 Å². The van der Waals surface area contributed by atoms with Gasteiger partial charge in [0.25, 0.3) is 0 Å². The van der Waals surface area contributed by atoms with E-state index in [1.54, 1.807) is 23.0 Å². The van der Waals surface area contributed by atoms with Crippen LogP contribution in [-0.4, -0.2) is 21.6 Å². The van der Waals surface area contributed by atoms with Crippen molar-refractivity contribution in [2.45, 2.75) is 19.6 Å². The molecule has 0 fully saturated rings. The number of aromatic hydroxyl groups is 1. The second-order valence-corrected chi connectivity index (χ2v) is 3.99. The van der Waals surface area contributed by atoms with Crippen molar-refractivity contribution in [3.63, 3.8) is 0 Å². The van der Waals surface area contributed by atoms with Gasteiger partial charge in [0, 0.05) is 24.8 Å². The quantitative estimate of drug-likeness (QED) is 0.821. The average molecular weight is 249 g/mol. The summed E-state index contributed by atoms with van der Waals surface area (Å²) < 4.78 is 13.7. The molecule has 96 valence electrons. The normalized spacial score (nSPS) is 10.7. The van der Waals surface area contributed by atoms with Crippen LogP contribution in [0.2, 0.25) is 0 Å². The van der Waals surface area contributed by atoms with Crippen molar-refractivity contribution >= 4 is 0 Å². The molecular formula is C13H16FN3O. The van der Waals surface area contributed by atoms with E-state index >= 15 is 0 Å². The third-order valence-electron chi connectivity index (χ3n) is 2.62. The second kappa shape index (κ2) is 6.16. The van der Waals surface area contributed by atoms with E-state index in [1.807, 2.05) is 18.2 Å². The molecular weight excluding hydrogens is 233 g/mol. The molecule has 0 bridgehead atoms. The number of phenolic OH excluding ortho intramolecular Hbond substituents is 1. The molecule has 1 heterocycles. The minimum absolute atomic E-state index is 0.285. The summed E-state index contributed by atoms with van der Waals surface area (Å²) >= 11 is 0. The third kappa shape index (κ3) is 3.30. The van der Waals surface area contributed by atoms with Crippen LogP contribution < -0.4 is 5.32 Å². The monoisotopic (exact) mass is 249 g/mol. The molecule has 1 aromatic carbocycles. The Morgan fingerprint density at radius 1 is 1.22 bits per heavy atom. The van der Waals surface area contributed by atoms with E-state index in [-0.39, 0.29) is 5.75 Å². The number of aryl methyl sites for hydroxylation is 1. The van der Waals surface area contributed by atoms with Gasteiger partial charge in [-0.05, 0) is 12.1 Å². The number of hydrogen-bond acceptors (Lipinski definition) is 3. The Labute approximate surface area is 105 Å². The van der Waals surface area contributed by atoms with Gasteiger partial charge in [-0.25, -0.2) is 4.39 Å². The molecule has 0 saturated heterocycles. The summed E-state index contributed by atoms with van der Waals surface area (Å²) in [6, 6.07) is 9.05. The molecule has 1 aromatic heterocycles. The van der Waals surface area contributed by atoms with Gasteiger partial charge in [-0.2, -0.15) is 5.10 Å². The first-order valence-electron chi connectivity index (χ1n) is 5.85. The highest BCUT2D eigenvalue weighted by molar-refractivity contribution is 5.31. The zero-order valence-corrected chi connectivity index (χ0v) is 10.0. The molecule has 0 aliphatic rings. The lowest BCUT2D eigenvalue weighted by atomic mass is 10.2. The first-order chi connectivity index (χ1) is 8.79. The summed E-state index contributed by atoms with van der Waals surface area (Å²) in [5.41, 5.74) is 1.71. The largest absolute Gasteiger partial charge is 0.508 e. The van der Waals surface area contributed by atoms with Gasteiger partial charge in [-0.15, -0.1) is 0 Å². The van der Waals surface area contributed by atoms with E-state index in [9.17, 15) is 9.50 Å². The van der Waals surface area contributed by atoms with E-state index < -0.39 is 6.67 Å². The van der Waals surface area contributed by atoms with Crippen LogP contribution in [-0.2, 0) is 19.6 Å². The standard InChI is InChI=1S/C13H16FN3O/c14-6-8-17-7-5-12(16-17)10-15-9-11-3-1-2-4-13(11)18/h1-5,7,15,18H,6,8-10H2. The number of benzene rings is 1. The summed E-state index contributed by atoms with van der Waals surface area (Å²) in [4.78, 5) is 0. The number of para-hydroxylation sites is 1. The van der Waals surface area contributed by atoms with Gasteiger partial charge < -0.3 is 10.4 Å². The smallest absolute Gasteiger partial charge is 0.120 e. The Kier molecular flexibility index (Phi) is 4.30. The van der Waals surface area contributed by atoms with Crippen LogP contribution in [0.25, 0.3) is 0 Å². The molecule has 5 heteroatoms. The van der Waals surface area contributed by atoms with Crippen molar-refractivity contribution in [1.82, 2.24) is 15.1 Å². The van der Waals surface area contributed by atoms with Crippen LogP contribution in [0.15, 0.2) is 36.5 Å². The molecule has 0 unspecified atom stereocenters. The van der Waals surface area contributed by atoms with E-state index in [0.29, 0.717) is 19.6 Å². The molecule has 0 amide bonds. The molecule has 4 nitrogen and oxygen atoms in total. The Hall–Kier alpha value is -1.88. The van der Waals surface area contributed by atoms with Gasteiger partial charge in [0.2, 0.25) is 0 Å². The number of rotatable bonds is 6. The number of phenols is 1. The lowest BCUT2D eigenvalue weighted by molar-refractivity contribution is 0.425. The maximum Gasteiger partial charge on any atom is 0.120 e. The predicted octanol–water partition coefficient (Wildman–Crippen LogP) is 1.85. The topological polar surface area (TPSA) is 50.1 Å². The molecule has 2 rings (SSSR count). The number of nitrogens with one attached hydrogen (secondary N) is 1. The number of aromatic nitrogens is 2. The summed E-state index contributed by atoms with van der Waals surface area (Å²) in [5, 5.41) is 17.0. The van der Waals surface area contributed by atoms with E-state index in [0.717, 1.165) is 11.3 Å². The summed E-state index contributed by atoms with van der Waals surface area (Å²) in [6.45, 7) is 1.04. The van der Waals surface area contributed by atoms with Crippen LogP contribution in [0, 0.1) is 0 Å². The molecule has 2 aromatic rings. The Balaban J connectivity index is 1.83.